The van der Waals surface area contributed by atoms with Crippen LogP contribution in [0.1, 0.15) is 78.1 Å². The minimum Gasteiger partial charge on any atom is -0.346 e. The summed E-state index contributed by atoms with van der Waals surface area (Å²) in [5, 5.41) is 8.77. The number of nitrogens with zero attached hydrogens (tertiary/aromatic N) is 2. The Morgan fingerprint density at radius 1 is 0.905 bits per heavy atom. The maximum absolute atomic E-state index is 8.77. The van der Waals surface area contributed by atoms with Crippen molar-refractivity contribution in [1.29, 1.82) is 5.41 Å². The van der Waals surface area contributed by atoms with Crippen molar-refractivity contribution in [3.63, 3.8) is 0 Å². The number of rotatable bonds is 4. The molecule has 2 rings (SSSR count). The second-order valence-electron chi connectivity index (χ2n) is 7.59. The van der Waals surface area contributed by atoms with E-state index >= 15 is 0 Å². The second kappa shape index (κ2) is 8.05. The third-order valence-corrected chi connectivity index (χ3v) is 5.18. The van der Waals surface area contributed by atoms with Crippen LogP contribution in [0, 0.1) is 11.3 Å². The highest BCUT2D eigenvalue weighted by Crippen LogP contribution is 2.30. The largest absolute Gasteiger partial charge is 0.346 e. The second-order valence-corrected chi connectivity index (χ2v) is 7.59. The lowest BCUT2D eigenvalue weighted by molar-refractivity contribution is 0.137. The highest BCUT2D eigenvalue weighted by atomic mass is 15.4. The van der Waals surface area contributed by atoms with Crippen molar-refractivity contribution in [3.8, 4) is 0 Å². The average Bonchev–Trinajstić information content (AvgIpc) is 2.49. The van der Waals surface area contributed by atoms with Gasteiger partial charge in [-0.3, -0.25) is 5.41 Å². The van der Waals surface area contributed by atoms with Crippen LogP contribution in [0.25, 0.3) is 0 Å². The van der Waals surface area contributed by atoms with Gasteiger partial charge in [-0.2, -0.15) is 0 Å². The van der Waals surface area contributed by atoms with Gasteiger partial charge in [-0.05, 0) is 31.6 Å². The van der Waals surface area contributed by atoms with E-state index in [9.17, 15) is 0 Å². The Bertz CT molecular complexity index is 296. The summed E-state index contributed by atoms with van der Waals surface area (Å²) in [6.07, 6.45) is 13.4. The molecule has 0 amide bonds. The Morgan fingerprint density at radius 2 is 1.33 bits per heavy atom. The summed E-state index contributed by atoms with van der Waals surface area (Å²) in [5.74, 6) is 1.41. The van der Waals surface area contributed by atoms with E-state index in [1.165, 1.54) is 64.2 Å². The minimum absolute atomic E-state index is 0.620. The number of hydrogen-bond donors (Lipinski definition) is 1. The Balaban J connectivity index is 2.07. The lowest BCUT2D eigenvalue weighted by Gasteiger charge is -2.45. The number of guanidine groups is 1. The zero-order chi connectivity index (χ0) is 15.2. The Labute approximate surface area is 131 Å². The van der Waals surface area contributed by atoms with Crippen molar-refractivity contribution in [2.45, 2.75) is 90.1 Å². The van der Waals surface area contributed by atoms with Gasteiger partial charge in [0.1, 0.15) is 0 Å². The van der Waals surface area contributed by atoms with Gasteiger partial charge in [0.15, 0.2) is 5.96 Å². The molecule has 21 heavy (non-hydrogen) atoms. The maximum Gasteiger partial charge on any atom is 0.193 e. The summed E-state index contributed by atoms with van der Waals surface area (Å²) >= 11 is 0. The molecule has 0 aromatic rings. The molecular formula is C18H35N3. The van der Waals surface area contributed by atoms with E-state index in [4.69, 9.17) is 5.41 Å². The van der Waals surface area contributed by atoms with Gasteiger partial charge in [0.25, 0.3) is 0 Å². The molecule has 0 saturated heterocycles. The molecule has 2 aliphatic rings. The van der Waals surface area contributed by atoms with Crippen molar-refractivity contribution < 1.29 is 0 Å². The molecule has 0 unspecified atom stereocenters. The SMILES string of the molecule is CC(C)CN(C)C(=N)N(C1CCCCC1)C1CCCCC1. The van der Waals surface area contributed by atoms with Gasteiger partial charge in [-0.1, -0.05) is 52.4 Å². The summed E-state index contributed by atoms with van der Waals surface area (Å²) in [4.78, 5) is 4.72. The molecule has 2 saturated carbocycles. The fourth-order valence-corrected chi connectivity index (χ4v) is 4.19. The molecule has 122 valence electrons. The Morgan fingerprint density at radius 3 is 1.71 bits per heavy atom. The van der Waals surface area contributed by atoms with Crippen molar-refractivity contribution in [3.05, 3.63) is 0 Å². The minimum atomic E-state index is 0.620. The number of hydrogen-bond acceptors (Lipinski definition) is 1. The molecule has 0 aromatic heterocycles. The first-order valence-electron chi connectivity index (χ1n) is 9.17. The number of nitrogens with one attached hydrogen (secondary N) is 1. The lowest BCUT2D eigenvalue weighted by Crippen LogP contribution is -2.54. The summed E-state index contributed by atoms with van der Waals surface area (Å²) in [6, 6.07) is 1.26. The Hall–Kier alpha value is -0.730. The average molecular weight is 293 g/mol. The topological polar surface area (TPSA) is 30.3 Å². The van der Waals surface area contributed by atoms with Crippen LogP contribution in [0.4, 0.5) is 0 Å². The highest BCUT2D eigenvalue weighted by Gasteiger charge is 2.32. The predicted octanol–water partition coefficient (Wildman–Crippen LogP) is 4.48. The van der Waals surface area contributed by atoms with Gasteiger partial charge in [0, 0.05) is 25.7 Å². The molecule has 0 aliphatic heterocycles. The summed E-state index contributed by atoms with van der Waals surface area (Å²) in [6.45, 7) is 5.49. The van der Waals surface area contributed by atoms with E-state index in [-0.39, 0.29) is 0 Å². The van der Waals surface area contributed by atoms with Gasteiger partial charge < -0.3 is 9.80 Å². The molecule has 0 spiro atoms. The molecule has 0 atom stereocenters. The summed E-state index contributed by atoms with van der Waals surface area (Å²) in [5.41, 5.74) is 0. The molecule has 0 radical (unpaired) electrons. The molecule has 2 fully saturated rings. The zero-order valence-corrected chi connectivity index (χ0v) is 14.4. The van der Waals surface area contributed by atoms with Crippen LogP contribution < -0.4 is 0 Å². The van der Waals surface area contributed by atoms with Crippen LogP contribution in [0.5, 0.6) is 0 Å². The van der Waals surface area contributed by atoms with Gasteiger partial charge >= 0.3 is 0 Å². The smallest absolute Gasteiger partial charge is 0.193 e. The molecule has 1 N–H and O–H groups in total. The van der Waals surface area contributed by atoms with Crippen molar-refractivity contribution in [2.75, 3.05) is 13.6 Å². The molecule has 0 bridgehead atoms. The molecule has 0 aromatic carbocycles. The maximum atomic E-state index is 8.77. The first kappa shape index (κ1) is 16.6. The van der Waals surface area contributed by atoms with E-state index in [0.29, 0.717) is 18.0 Å². The monoisotopic (exact) mass is 293 g/mol. The van der Waals surface area contributed by atoms with E-state index in [2.05, 4.69) is 30.7 Å². The van der Waals surface area contributed by atoms with Crippen LogP contribution in [-0.4, -0.2) is 41.4 Å². The van der Waals surface area contributed by atoms with Crippen LogP contribution in [-0.2, 0) is 0 Å². The fourth-order valence-electron chi connectivity index (χ4n) is 4.19. The van der Waals surface area contributed by atoms with Crippen molar-refractivity contribution in [1.82, 2.24) is 9.80 Å². The summed E-state index contributed by atoms with van der Waals surface area (Å²) in [7, 11) is 2.11. The third kappa shape index (κ3) is 4.62. The standard InChI is InChI=1S/C18H35N3/c1-15(2)14-20(3)18(19)21(16-10-6-4-7-11-16)17-12-8-5-9-13-17/h15-17,19H,4-14H2,1-3H3. The van der Waals surface area contributed by atoms with Crippen LogP contribution in [0.2, 0.25) is 0 Å². The zero-order valence-electron chi connectivity index (χ0n) is 14.4. The van der Waals surface area contributed by atoms with Crippen LogP contribution in [0.15, 0.2) is 0 Å². The first-order chi connectivity index (χ1) is 10.1. The van der Waals surface area contributed by atoms with E-state index in [0.717, 1.165) is 12.5 Å². The van der Waals surface area contributed by atoms with Crippen LogP contribution in [0.3, 0.4) is 0 Å². The van der Waals surface area contributed by atoms with Gasteiger partial charge in [0.05, 0.1) is 0 Å². The van der Waals surface area contributed by atoms with Crippen molar-refractivity contribution in [2.24, 2.45) is 5.92 Å². The molecule has 3 heteroatoms. The lowest BCUT2D eigenvalue weighted by atomic mass is 9.89. The van der Waals surface area contributed by atoms with Gasteiger partial charge in [-0.25, -0.2) is 0 Å². The van der Waals surface area contributed by atoms with Crippen LogP contribution >= 0.6 is 0 Å². The third-order valence-electron chi connectivity index (χ3n) is 5.18. The quantitative estimate of drug-likeness (QED) is 0.612. The molecule has 3 nitrogen and oxygen atoms in total. The first-order valence-corrected chi connectivity index (χ1v) is 9.17. The predicted molar refractivity (Wildman–Crippen MR) is 90.8 cm³/mol. The summed E-state index contributed by atoms with van der Waals surface area (Å²) < 4.78 is 0. The molecule has 2 aliphatic carbocycles. The van der Waals surface area contributed by atoms with E-state index in [1.54, 1.807) is 0 Å². The van der Waals surface area contributed by atoms with Gasteiger partial charge in [-0.15, -0.1) is 0 Å². The van der Waals surface area contributed by atoms with E-state index in [1.807, 2.05) is 0 Å². The highest BCUT2D eigenvalue weighted by molar-refractivity contribution is 5.77. The molecular weight excluding hydrogens is 258 g/mol. The van der Waals surface area contributed by atoms with Gasteiger partial charge in [0.2, 0.25) is 0 Å². The normalized spacial score (nSPS) is 21.5. The fraction of sp³-hybridized carbons (Fsp3) is 0.944. The van der Waals surface area contributed by atoms with Crippen molar-refractivity contribution >= 4 is 5.96 Å². The Kier molecular flexibility index (Phi) is 6.38. The van der Waals surface area contributed by atoms with E-state index < -0.39 is 0 Å². The molecule has 0 heterocycles.